The summed E-state index contributed by atoms with van der Waals surface area (Å²) in [7, 11) is 0. The number of benzene rings is 3. The topological polar surface area (TPSA) is 107 Å². The fourth-order valence-electron chi connectivity index (χ4n) is 8.80. The van der Waals surface area contributed by atoms with Crippen molar-refractivity contribution in [1.29, 1.82) is 0 Å². The monoisotopic (exact) mass is 837 g/mol. The van der Waals surface area contributed by atoms with Crippen molar-refractivity contribution in [1.82, 2.24) is 24.9 Å². The molecule has 1 saturated carbocycles. The van der Waals surface area contributed by atoms with Gasteiger partial charge in [-0.05, 0) is 115 Å². The normalized spacial score (nSPS) is 19.1. The molecule has 0 radical (unpaired) electrons. The van der Waals surface area contributed by atoms with Gasteiger partial charge in [0.15, 0.2) is 11.6 Å². The van der Waals surface area contributed by atoms with Crippen LogP contribution in [-0.2, 0) is 22.4 Å². The molecule has 1 N–H and O–H groups in total. The summed E-state index contributed by atoms with van der Waals surface area (Å²) in [4.78, 5) is 28.2. The molecule has 11 nitrogen and oxygen atoms in total. The Balaban J connectivity index is 0.000000172. The minimum atomic E-state index is -0.650. The third kappa shape index (κ3) is 8.42. The molecule has 5 aromatic rings. The van der Waals surface area contributed by atoms with Crippen molar-refractivity contribution in [3.8, 4) is 39.5 Å². The molecule has 3 aliphatic heterocycles. The smallest absolute Gasteiger partial charge is 0.224 e. The van der Waals surface area contributed by atoms with Gasteiger partial charge < -0.3 is 24.6 Å². The van der Waals surface area contributed by atoms with Gasteiger partial charge in [0.1, 0.15) is 23.6 Å². The number of rotatable bonds is 8. The summed E-state index contributed by atoms with van der Waals surface area (Å²) < 4.78 is 44.5. The van der Waals surface area contributed by atoms with Crippen LogP contribution in [0.25, 0.3) is 22.3 Å². The summed E-state index contributed by atoms with van der Waals surface area (Å²) in [6.45, 7) is 9.13. The molecule has 2 aromatic heterocycles. The Kier molecular flexibility index (Phi) is 12.1. The fourth-order valence-corrected chi connectivity index (χ4v) is 8.85. The Bertz CT molecular complexity index is 2420. The number of nitrogens with one attached hydrogen (secondary N) is 1. The van der Waals surface area contributed by atoms with Gasteiger partial charge in [-0.3, -0.25) is 19.0 Å². The van der Waals surface area contributed by atoms with Gasteiger partial charge in [0, 0.05) is 83.3 Å². The molecule has 4 aliphatic rings. The van der Waals surface area contributed by atoms with E-state index < -0.39 is 11.6 Å². The van der Waals surface area contributed by atoms with Crippen LogP contribution in [0.3, 0.4) is 0 Å². The summed E-state index contributed by atoms with van der Waals surface area (Å²) in [5.41, 5.74) is 8.44. The molecule has 1 aliphatic carbocycles. The average Bonchev–Trinajstić information content (AvgIpc) is 3.76. The maximum atomic E-state index is 14.6. The van der Waals surface area contributed by atoms with Crippen LogP contribution in [0.1, 0.15) is 89.4 Å². The van der Waals surface area contributed by atoms with Crippen LogP contribution in [0.15, 0.2) is 79.0 Å². The summed E-state index contributed by atoms with van der Waals surface area (Å²) in [5.74, 6) is -0.246. The number of piperidine rings is 1. The van der Waals surface area contributed by atoms with E-state index in [0.29, 0.717) is 24.3 Å². The number of carbonyl (C=O) groups is 2. The number of halogens is 3. The lowest BCUT2D eigenvalue weighted by atomic mass is 9.92. The number of fused-ring (bicyclic) bond motifs is 2. The van der Waals surface area contributed by atoms with Gasteiger partial charge in [-0.25, -0.2) is 8.78 Å². The first-order chi connectivity index (χ1) is 29.0. The van der Waals surface area contributed by atoms with Crippen molar-refractivity contribution in [2.24, 2.45) is 0 Å². The van der Waals surface area contributed by atoms with Crippen LogP contribution < -0.4 is 24.6 Å². The Labute approximate surface area is 353 Å². The number of hydrogen-bond donors (Lipinski definition) is 1. The largest absolute Gasteiger partial charge is 0.463 e. The zero-order chi connectivity index (χ0) is 42.1. The van der Waals surface area contributed by atoms with E-state index in [0.717, 1.165) is 114 Å². The van der Waals surface area contributed by atoms with Crippen LogP contribution in [0.2, 0.25) is 0 Å². The minimum Gasteiger partial charge on any atom is -0.463 e. The van der Waals surface area contributed by atoms with E-state index in [2.05, 4.69) is 28.6 Å². The van der Waals surface area contributed by atoms with E-state index in [1.165, 1.54) is 31.6 Å². The summed E-state index contributed by atoms with van der Waals surface area (Å²) in [5, 5.41) is 12.5. The lowest BCUT2D eigenvalue weighted by molar-refractivity contribution is -0.117. The Hall–Kier alpha value is -5.53. The van der Waals surface area contributed by atoms with Gasteiger partial charge in [0.2, 0.25) is 11.8 Å². The van der Waals surface area contributed by atoms with Gasteiger partial charge in [-0.15, -0.1) is 0 Å². The van der Waals surface area contributed by atoms with Crippen LogP contribution in [0.4, 0.5) is 20.2 Å². The number of hydrogen-bond acceptors (Lipinski definition) is 7. The van der Waals surface area contributed by atoms with E-state index >= 15 is 0 Å². The van der Waals surface area contributed by atoms with Crippen molar-refractivity contribution in [2.45, 2.75) is 103 Å². The molecule has 0 unspecified atom stereocenters. The fraction of sp³-hybridized carbons (Fsp3) is 0.391. The Morgan fingerprint density at radius 2 is 1.28 bits per heavy atom. The van der Waals surface area contributed by atoms with Gasteiger partial charge >= 0.3 is 0 Å². The number of anilines is 2. The van der Waals surface area contributed by atoms with E-state index in [1.54, 1.807) is 18.0 Å². The second-order valence-corrected chi connectivity index (χ2v) is 16.4. The number of ether oxygens (including phenoxy) is 2. The predicted molar refractivity (Wildman–Crippen MR) is 229 cm³/mol. The van der Waals surface area contributed by atoms with Gasteiger partial charge in [-0.1, -0.05) is 11.6 Å². The molecule has 1 saturated heterocycles. The lowest BCUT2D eigenvalue weighted by Gasteiger charge is -2.36. The molecule has 314 valence electrons. The second kappa shape index (κ2) is 17.6. The standard InChI is InChI=1S/C26H28F2N4O2.C20H22ClN3O2/c1-16-3-5-22-24(32(16)17(2)33)8-6-21(26(22)34-25-13-19(27)4-7-23(25)28)18-14-30-31(15-18)20-9-11-29-12-10-20;1-13-3-6-18-19(24(13)14(2)25)8-7-17(20(18)26-10-9-21)15-11-22-23(12-15)16-4-5-16/h4,6-8,13-16,20,29H,3,5,9-12H2,1-2H3;7-13,16H,3-6H2,1-2H3/b;10-9+/t16-;13-/m00/s1. The lowest BCUT2D eigenvalue weighted by Crippen LogP contribution is -2.40. The van der Waals surface area contributed by atoms with Crippen molar-refractivity contribution >= 4 is 34.8 Å². The summed E-state index contributed by atoms with van der Waals surface area (Å²) >= 11 is 5.70. The Morgan fingerprint density at radius 1 is 0.750 bits per heavy atom. The maximum absolute atomic E-state index is 14.6. The first-order valence-electron chi connectivity index (χ1n) is 20.8. The number of carbonyl (C=O) groups excluding carboxylic acids is 2. The number of nitrogens with zero attached hydrogens (tertiary/aromatic N) is 6. The van der Waals surface area contributed by atoms with Crippen molar-refractivity contribution in [2.75, 3.05) is 22.9 Å². The van der Waals surface area contributed by atoms with Crippen LogP contribution in [0, 0.1) is 11.6 Å². The highest BCUT2D eigenvalue weighted by Gasteiger charge is 2.33. The van der Waals surface area contributed by atoms with E-state index in [1.807, 2.05) is 57.8 Å². The van der Waals surface area contributed by atoms with E-state index in [9.17, 15) is 18.4 Å². The molecule has 60 heavy (non-hydrogen) atoms. The molecule has 0 bridgehead atoms. The highest BCUT2D eigenvalue weighted by molar-refractivity contribution is 6.25. The molecule has 0 spiro atoms. The molecule has 3 aromatic carbocycles. The Morgan fingerprint density at radius 3 is 1.82 bits per heavy atom. The van der Waals surface area contributed by atoms with Crippen LogP contribution in [-0.4, -0.2) is 56.5 Å². The van der Waals surface area contributed by atoms with E-state index in [4.69, 9.17) is 21.1 Å². The first-order valence-corrected chi connectivity index (χ1v) is 21.2. The molecule has 9 rings (SSSR count). The quantitative estimate of drug-likeness (QED) is 0.155. The van der Waals surface area contributed by atoms with Gasteiger partial charge in [0.25, 0.3) is 0 Å². The SMILES string of the molecule is CC(=O)N1c2ccc(-c3cnn(C4CC4)c3)c(O/C=C/Cl)c2CC[C@@H]1C.CC(=O)N1c2ccc(-c3cnn(C4CCNCC4)c3)c(Oc3cc(F)ccc3F)c2CC[C@@H]1C. The molecule has 2 amide bonds. The predicted octanol–water partition coefficient (Wildman–Crippen LogP) is 9.89. The van der Waals surface area contributed by atoms with Gasteiger partial charge in [0.05, 0.1) is 35.9 Å². The molecular formula is C46H50ClF2N7O4. The maximum Gasteiger partial charge on any atom is 0.224 e. The third-order valence-electron chi connectivity index (χ3n) is 11.9. The molecule has 5 heterocycles. The number of aromatic nitrogens is 4. The second-order valence-electron chi connectivity index (χ2n) is 16.1. The first kappa shape index (κ1) is 41.2. The van der Waals surface area contributed by atoms with E-state index in [-0.39, 0.29) is 29.6 Å². The highest BCUT2D eigenvalue weighted by Crippen LogP contribution is 2.46. The van der Waals surface area contributed by atoms with Crippen LogP contribution >= 0.6 is 11.6 Å². The minimum absolute atomic E-state index is 0.0391. The van der Waals surface area contributed by atoms with Crippen molar-refractivity contribution < 1.29 is 27.8 Å². The van der Waals surface area contributed by atoms with Crippen LogP contribution in [0.5, 0.6) is 17.2 Å². The zero-order valence-corrected chi connectivity index (χ0v) is 35.1. The average molecular weight is 838 g/mol. The third-order valence-corrected chi connectivity index (χ3v) is 12.0. The molecule has 14 heteroatoms. The summed E-state index contributed by atoms with van der Waals surface area (Å²) in [6, 6.07) is 12.1. The zero-order valence-electron chi connectivity index (χ0n) is 34.3. The number of amides is 2. The summed E-state index contributed by atoms with van der Waals surface area (Å²) in [6.07, 6.45) is 16.7. The molecule has 2 fully saturated rings. The van der Waals surface area contributed by atoms with Gasteiger partial charge in [-0.2, -0.15) is 10.2 Å². The van der Waals surface area contributed by atoms with Crippen molar-refractivity contribution in [3.63, 3.8) is 0 Å². The van der Waals surface area contributed by atoms with Crippen molar-refractivity contribution in [3.05, 3.63) is 102 Å². The highest BCUT2D eigenvalue weighted by atomic mass is 35.5. The molecule has 2 atom stereocenters. The molecular weight excluding hydrogens is 788 g/mol.